The zero-order chi connectivity index (χ0) is 13.8. The molecule has 0 atom stereocenters. The van der Waals surface area contributed by atoms with Crippen molar-refractivity contribution in [1.29, 1.82) is 0 Å². The molecular weight excluding hydrogens is 240 g/mol. The highest BCUT2D eigenvalue weighted by atomic mass is 16.5. The molecule has 1 aliphatic heterocycles. The van der Waals surface area contributed by atoms with E-state index in [9.17, 15) is 4.79 Å². The first-order chi connectivity index (χ1) is 9.15. The van der Waals surface area contributed by atoms with Gasteiger partial charge in [-0.05, 0) is 37.2 Å². The van der Waals surface area contributed by atoms with E-state index >= 15 is 0 Å². The van der Waals surface area contributed by atoms with Crippen molar-refractivity contribution in [1.82, 2.24) is 4.90 Å². The van der Waals surface area contributed by atoms with Crippen LogP contribution in [0.15, 0.2) is 18.2 Å². The molecule has 2 rings (SSSR count). The number of benzene rings is 1. The lowest BCUT2D eigenvalue weighted by atomic mass is 10.1. The van der Waals surface area contributed by atoms with E-state index in [-0.39, 0.29) is 5.97 Å². The van der Waals surface area contributed by atoms with Crippen LogP contribution in [0.1, 0.15) is 22.8 Å². The molecule has 1 aromatic rings. The van der Waals surface area contributed by atoms with E-state index in [1.165, 1.54) is 12.8 Å². The lowest BCUT2D eigenvalue weighted by molar-refractivity contribution is 0.0600. The molecule has 104 valence electrons. The summed E-state index contributed by atoms with van der Waals surface area (Å²) in [4.78, 5) is 16.4. The first kappa shape index (κ1) is 13.9. The largest absolute Gasteiger partial charge is 0.465 e. The van der Waals surface area contributed by atoms with Gasteiger partial charge in [-0.25, -0.2) is 4.79 Å². The van der Waals surface area contributed by atoms with E-state index in [4.69, 9.17) is 4.74 Å². The van der Waals surface area contributed by atoms with Crippen molar-refractivity contribution in [3.8, 4) is 0 Å². The van der Waals surface area contributed by atoms with E-state index in [1.54, 1.807) is 0 Å². The minimum atomic E-state index is -0.264. The highest BCUT2D eigenvalue weighted by Gasteiger charge is 2.17. The minimum absolute atomic E-state index is 0.264. The van der Waals surface area contributed by atoms with Gasteiger partial charge in [-0.1, -0.05) is 6.92 Å². The summed E-state index contributed by atoms with van der Waals surface area (Å²) in [5, 5.41) is 0. The highest BCUT2D eigenvalue weighted by molar-refractivity contribution is 5.91. The Labute approximate surface area is 115 Å². The number of carbonyl (C=O) groups is 1. The van der Waals surface area contributed by atoms with Crippen LogP contribution in [0.3, 0.4) is 0 Å². The van der Waals surface area contributed by atoms with Crippen LogP contribution < -0.4 is 4.90 Å². The molecule has 1 aromatic carbocycles. The minimum Gasteiger partial charge on any atom is -0.465 e. The summed E-state index contributed by atoms with van der Waals surface area (Å²) in [5.41, 5.74) is 2.82. The summed E-state index contributed by atoms with van der Waals surface area (Å²) in [5.74, 6) is -0.264. The highest BCUT2D eigenvalue weighted by Crippen LogP contribution is 2.21. The van der Waals surface area contributed by atoms with Gasteiger partial charge < -0.3 is 14.5 Å². The summed E-state index contributed by atoms with van der Waals surface area (Å²) in [6.07, 6.45) is 0. The number of rotatable bonds is 3. The molecule has 19 heavy (non-hydrogen) atoms. The SMILES string of the molecule is CCN1CCN(c2ccc(C(=O)OC)c(C)c2)CC1. The number of hydrogen-bond donors (Lipinski definition) is 0. The van der Waals surface area contributed by atoms with Crippen molar-refractivity contribution < 1.29 is 9.53 Å². The first-order valence-electron chi connectivity index (χ1n) is 6.82. The third-order valence-corrected chi connectivity index (χ3v) is 3.80. The van der Waals surface area contributed by atoms with Gasteiger partial charge in [-0.2, -0.15) is 0 Å². The lowest BCUT2D eigenvalue weighted by Crippen LogP contribution is -2.46. The molecule has 0 amide bonds. The Kier molecular flexibility index (Phi) is 4.43. The van der Waals surface area contributed by atoms with Gasteiger partial charge in [0.15, 0.2) is 0 Å². The zero-order valence-corrected chi connectivity index (χ0v) is 12.0. The molecule has 0 N–H and O–H groups in total. The van der Waals surface area contributed by atoms with E-state index in [0.717, 1.165) is 38.3 Å². The van der Waals surface area contributed by atoms with Gasteiger partial charge in [0.2, 0.25) is 0 Å². The van der Waals surface area contributed by atoms with Gasteiger partial charge in [0.25, 0.3) is 0 Å². The van der Waals surface area contributed by atoms with E-state index < -0.39 is 0 Å². The smallest absolute Gasteiger partial charge is 0.338 e. The van der Waals surface area contributed by atoms with Gasteiger partial charge >= 0.3 is 5.97 Å². The predicted molar refractivity (Wildman–Crippen MR) is 76.8 cm³/mol. The first-order valence-corrected chi connectivity index (χ1v) is 6.82. The normalized spacial score (nSPS) is 16.5. The Hall–Kier alpha value is -1.55. The van der Waals surface area contributed by atoms with Crippen LogP contribution in [-0.2, 0) is 4.74 Å². The second-order valence-electron chi connectivity index (χ2n) is 4.91. The number of methoxy groups -OCH3 is 1. The molecular formula is C15H22N2O2. The van der Waals surface area contributed by atoms with Crippen molar-refractivity contribution in [3.05, 3.63) is 29.3 Å². The van der Waals surface area contributed by atoms with E-state index in [1.807, 2.05) is 19.1 Å². The number of likely N-dealkylation sites (N-methyl/N-ethyl adjacent to an activating group) is 1. The van der Waals surface area contributed by atoms with Crippen LogP contribution in [0.2, 0.25) is 0 Å². The standard InChI is InChI=1S/C15H22N2O2/c1-4-16-7-9-17(10-8-16)13-5-6-14(12(2)11-13)15(18)19-3/h5-6,11H,4,7-10H2,1-3H3. The topological polar surface area (TPSA) is 32.8 Å². The maximum absolute atomic E-state index is 11.6. The number of anilines is 1. The van der Waals surface area contributed by atoms with Gasteiger partial charge in [0.1, 0.15) is 0 Å². The van der Waals surface area contributed by atoms with Crippen LogP contribution in [0.25, 0.3) is 0 Å². The van der Waals surface area contributed by atoms with Crippen molar-refractivity contribution in [2.24, 2.45) is 0 Å². The third-order valence-electron chi connectivity index (χ3n) is 3.80. The fourth-order valence-corrected chi connectivity index (χ4v) is 2.51. The van der Waals surface area contributed by atoms with Crippen molar-refractivity contribution >= 4 is 11.7 Å². The Bertz CT molecular complexity index is 451. The summed E-state index contributed by atoms with van der Waals surface area (Å²) in [6.45, 7) is 9.58. The third kappa shape index (κ3) is 3.07. The van der Waals surface area contributed by atoms with Gasteiger partial charge in [0.05, 0.1) is 12.7 Å². The molecule has 4 heteroatoms. The second kappa shape index (κ2) is 6.06. The van der Waals surface area contributed by atoms with Gasteiger partial charge in [-0.3, -0.25) is 0 Å². The monoisotopic (exact) mass is 262 g/mol. The maximum Gasteiger partial charge on any atom is 0.338 e. The molecule has 0 saturated carbocycles. The van der Waals surface area contributed by atoms with E-state index in [2.05, 4.69) is 22.8 Å². The number of esters is 1. The van der Waals surface area contributed by atoms with Crippen molar-refractivity contribution in [3.63, 3.8) is 0 Å². The second-order valence-corrected chi connectivity index (χ2v) is 4.91. The fraction of sp³-hybridized carbons (Fsp3) is 0.533. The molecule has 0 bridgehead atoms. The molecule has 1 heterocycles. The molecule has 1 saturated heterocycles. The molecule has 1 aliphatic rings. The van der Waals surface area contributed by atoms with Crippen LogP contribution in [0.5, 0.6) is 0 Å². The molecule has 0 unspecified atom stereocenters. The van der Waals surface area contributed by atoms with Crippen LogP contribution >= 0.6 is 0 Å². The zero-order valence-electron chi connectivity index (χ0n) is 12.0. The van der Waals surface area contributed by atoms with Crippen LogP contribution in [0.4, 0.5) is 5.69 Å². The molecule has 1 fully saturated rings. The fourth-order valence-electron chi connectivity index (χ4n) is 2.51. The number of nitrogens with zero attached hydrogens (tertiary/aromatic N) is 2. The summed E-state index contributed by atoms with van der Waals surface area (Å²) < 4.78 is 4.77. The number of aryl methyl sites for hydroxylation is 1. The summed E-state index contributed by atoms with van der Waals surface area (Å²) >= 11 is 0. The average molecular weight is 262 g/mol. The number of ether oxygens (including phenoxy) is 1. The van der Waals surface area contributed by atoms with Crippen LogP contribution in [-0.4, -0.2) is 50.7 Å². The Balaban J connectivity index is 2.10. The number of piperazine rings is 1. The number of hydrogen-bond acceptors (Lipinski definition) is 4. The molecule has 0 spiro atoms. The van der Waals surface area contributed by atoms with Crippen molar-refractivity contribution in [2.45, 2.75) is 13.8 Å². The Morgan fingerprint density at radius 2 is 1.95 bits per heavy atom. The Morgan fingerprint density at radius 3 is 2.47 bits per heavy atom. The molecule has 0 aromatic heterocycles. The Morgan fingerprint density at radius 1 is 1.26 bits per heavy atom. The molecule has 0 radical (unpaired) electrons. The van der Waals surface area contributed by atoms with Gasteiger partial charge in [0, 0.05) is 31.9 Å². The quantitative estimate of drug-likeness (QED) is 0.779. The van der Waals surface area contributed by atoms with Gasteiger partial charge in [-0.15, -0.1) is 0 Å². The van der Waals surface area contributed by atoms with Crippen LogP contribution in [0, 0.1) is 6.92 Å². The lowest BCUT2D eigenvalue weighted by Gasteiger charge is -2.35. The average Bonchev–Trinajstić information content (AvgIpc) is 2.46. The summed E-state index contributed by atoms with van der Waals surface area (Å²) in [6, 6.07) is 5.96. The molecule has 4 nitrogen and oxygen atoms in total. The van der Waals surface area contributed by atoms with Crippen molar-refractivity contribution in [2.75, 3.05) is 44.7 Å². The summed E-state index contributed by atoms with van der Waals surface area (Å²) in [7, 11) is 1.42. The number of carbonyl (C=O) groups excluding carboxylic acids is 1. The maximum atomic E-state index is 11.6. The molecule has 0 aliphatic carbocycles. The van der Waals surface area contributed by atoms with E-state index in [0.29, 0.717) is 5.56 Å². The predicted octanol–water partition coefficient (Wildman–Crippen LogP) is 1.92.